The minimum atomic E-state index is -3.59. The predicted molar refractivity (Wildman–Crippen MR) is 67.6 cm³/mol. The number of nitrogens with one attached hydrogen (secondary N) is 1. The van der Waals surface area contributed by atoms with Crippen LogP contribution in [0.4, 0.5) is 0 Å². The number of aliphatic hydroxyl groups excluding tert-OH is 1. The molecule has 0 aliphatic carbocycles. The maximum atomic E-state index is 12.0. The Bertz CT molecular complexity index is 618. The van der Waals surface area contributed by atoms with Crippen LogP contribution < -0.4 is 4.72 Å². The average molecular weight is 282 g/mol. The monoisotopic (exact) mass is 282 g/mol. The molecule has 0 spiro atoms. The lowest BCUT2D eigenvalue weighted by Crippen LogP contribution is -2.23. The number of rotatable bonds is 5. The molecule has 7 heteroatoms. The van der Waals surface area contributed by atoms with E-state index in [2.05, 4.69) is 14.4 Å². The van der Waals surface area contributed by atoms with Crippen molar-refractivity contribution in [3.05, 3.63) is 47.9 Å². The standard InChI is InChI=1S/C12H14N2O4S/c1-9(15)10-2-4-12(5-3-10)19(16,17)13-8-11-6-7-18-14-11/h2-7,9,13,15H,8H2,1H3. The number of aliphatic hydroxyl groups is 1. The molecule has 1 unspecified atom stereocenters. The molecule has 1 atom stereocenters. The maximum Gasteiger partial charge on any atom is 0.240 e. The Kier molecular flexibility index (Phi) is 3.98. The minimum absolute atomic E-state index is 0.0665. The van der Waals surface area contributed by atoms with Crippen molar-refractivity contribution in [1.29, 1.82) is 0 Å². The van der Waals surface area contributed by atoms with Gasteiger partial charge in [0.15, 0.2) is 0 Å². The Morgan fingerprint density at radius 2 is 2.00 bits per heavy atom. The van der Waals surface area contributed by atoms with Crippen molar-refractivity contribution in [2.24, 2.45) is 0 Å². The molecule has 0 amide bonds. The van der Waals surface area contributed by atoms with Crippen LogP contribution in [0.5, 0.6) is 0 Å². The molecule has 1 aromatic heterocycles. The molecule has 0 bridgehead atoms. The van der Waals surface area contributed by atoms with Crippen molar-refractivity contribution in [2.75, 3.05) is 0 Å². The molecule has 2 aromatic rings. The second-order valence-electron chi connectivity index (χ2n) is 4.06. The highest BCUT2D eigenvalue weighted by atomic mass is 32.2. The summed E-state index contributed by atoms with van der Waals surface area (Å²) in [5.41, 5.74) is 1.17. The fraction of sp³-hybridized carbons (Fsp3) is 0.250. The summed E-state index contributed by atoms with van der Waals surface area (Å²) in [5.74, 6) is 0. The first kappa shape index (κ1) is 13.7. The predicted octanol–water partition coefficient (Wildman–Crippen LogP) is 1.21. The number of hydrogen-bond donors (Lipinski definition) is 2. The van der Waals surface area contributed by atoms with E-state index in [0.29, 0.717) is 11.3 Å². The molecule has 0 fully saturated rings. The zero-order valence-electron chi connectivity index (χ0n) is 10.3. The lowest BCUT2D eigenvalue weighted by Gasteiger charge is -2.07. The van der Waals surface area contributed by atoms with Crippen molar-refractivity contribution < 1.29 is 18.0 Å². The van der Waals surface area contributed by atoms with Gasteiger partial charge in [0.05, 0.1) is 23.2 Å². The first-order valence-corrected chi connectivity index (χ1v) is 7.14. The highest BCUT2D eigenvalue weighted by Crippen LogP contribution is 2.15. The zero-order chi connectivity index (χ0) is 13.9. The van der Waals surface area contributed by atoms with Crippen molar-refractivity contribution >= 4 is 10.0 Å². The fourth-order valence-electron chi connectivity index (χ4n) is 1.51. The van der Waals surface area contributed by atoms with Crippen LogP contribution in [0.15, 0.2) is 46.0 Å². The zero-order valence-corrected chi connectivity index (χ0v) is 11.1. The van der Waals surface area contributed by atoms with Gasteiger partial charge in [-0.3, -0.25) is 0 Å². The molecular formula is C12H14N2O4S. The van der Waals surface area contributed by atoms with Gasteiger partial charge in [0.25, 0.3) is 0 Å². The van der Waals surface area contributed by atoms with Gasteiger partial charge < -0.3 is 9.63 Å². The van der Waals surface area contributed by atoms with Gasteiger partial charge in [0.2, 0.25) is 10.0 Å². The highest BCUT2D eigenvalue weighted by molar-refractivity contribution is 7.89. The van der Waals surface area contributed by atoms with Gasteiger partial charge in [-0.05, 0) is 24.6 Å². The van der Waals surface area contributed by atoms with Gasteiger partial charge in [0, 0.05) is 6.07 Å². The third-order valence-corrected chi connectivity index (χ3v) is 4.02. The second-order valence-corrected chi connectivity index (χ2v) is 5.83. The third kappa shape index (κ3) is 3.40. The van der Waals surface area contributed by atoms with E-state index in [1.807, 2.05) is 0 Å². The summed E-state index contributed by atoms with van der Waals surface area (Å²) < 4.78 is 31.0. The summed E-state index contributed by atoms with van der Waals surface area (Å²) in [6.07, 6.45) is 0.751. The summed E-state index contributed by atoms with van der Waals surface area (Å²) in [5, 5.41) is 13.0. The molecule has 0 aliphatic heterocycles. The van der Waals surface area contributed by atoms with Gasteiger partial charge in [-0.25, -0.2) is 13.1 Å². The summed E-state index contributed by atoms with van der Waals surface area (Å²) in [6.45, 7) is 1.68. The van der Waals surface area contributed by atoms with E-state index in [1.165, 1.54) is 18.4 Å². The van der Waals surface area contributed by atoms with Crippen LogP contribution in [0.2, 0.25) is 0 Å². The van der Waals surface area contributed by atoms with Gasteiger partial charge in [-0.1, -0.05) is 17.3 Å². The van der Waals surface area contributed by atoms with E-state index >= 15 is 0 Å². The molecule has 1 aromatic carbocycles. The topological polar surface area (TPSA) is 92.4 Å². The third-order valence-electron chi connectivity index (χ3n) is 2.61. The largest absolute Gasteiger partial charge is 0.389 e. The molecule has 0 aliphatic rings. The molecule has 0 saturated carbocycles. The lowest BCUT2D eigenvalue weighted by molar-refractivity contribution is 0.199. The lowest BCUT2D eigenvalue weighted by atomic mass is 10.1. The Morgan fingerprint density at radius 3 is 2.53 bits per heavy atom. The van der Waals surface area contributed by atoms with Crippen LogP contribution >= 0.6 is 0 Å². The summed E-state index contributed by atoms with van der Waals surface area (Å²) in [7, 11) is -3.59. The molecule has 0 saturated heterocycles. The van der Waals surface area contributed by atoms with E-state index in [4.69, 9.17) is 0 Å². The molecule has 1 heterocycles. The van der Waals surface area contributed by atoms with E-state index in [1.54, 1.807) is 25.1 Å². The number of sulfonamides is 1. The highest BCUT2D eigenvalue weighted by Gasteiger charge is 2.14. The number of hydrogen-bond acceptors (Lipinski definition) is 5. The Morgan fingerprint density at radius 1 is 1.32 bits per heavy atom. The van der Waals surface area contributed by atoms with Gasteiger partial charge in [-0.2, -0.15) is 0 Å². The Hall–Kier alpha value is -1.70. The van der Waals surface area contributed by atoms with Gasteiger partial charge in [0.1, 0.15) is 6.26 Å². The quantitative estimate of drug-likeness (QED) is 0.859. The number of benzene rings is 1. The van der Waals surface area contributed by atoms with E-state index in [9.17, 15) is 13.5 Å². The number of aromatic nitrogens is 1. The average Bonchev–Trinajstić information content (AvgIpc) is 2.90. The van der Waals surface area contributed by atoms with Crippen LogP contribution in [0, 0.1) is 0 Å². The van der Waals surface area contributed by atoms with Crippen LogP contribution in [-0.4, -0.2) is 18.7 Å². The van der Waals surface area contributed by atoms with Crippen molar-refractivity contribution in [1.82, 2.24) is 9.88 Å². The SMILES string of the molecule is CC(O)c1ccc(S(=O)(=O)NCc2ccon2)cc1. The first-order chi connectivity index (χ1) is 8.99. The molecule has 2 rings (SSSR count). The maximum absolute atomic E-state index is 12.0. The van der Waals surface area contributed by atoms with E-state index < -0.39 is 16.1 Å². The Balaban J connectivity index is 2.10. The summed E-state index contributed by atoms with van der Waals surface area (Å²) in [6, 6.07) is 7.64. The molecule has 102 valence electrons. The minimum Gasteiger partial charge on any atom is -0.389 e. The first-order valence-electron chi connectivity index (χ1n) is 5.66. The molecule has 0 radical (unpaired) electrons. The van der Waals surface area contributed by atoms with Crippen LogP contribution in [0.1, 0.15) is 24.3 Å². The Labute approximate surface area is 111 Å². The smallest absolute Gasteiger partial charge is 0.240 e. The van der Waals surface area contributed by atoms with Gasteiger partial charge in [-0.15, -0.1) is 0 Å². The van der Waals surface area contributed by atoms with E-state index in [0.717, 1.165) is 0 Å². The second kappa shape index (κ2) is 5.52. The molecule has 19 heavy (non-hydrogen) atoms. The van der Waals surface area contributed by atoms with Crippen molar-refractivity contribution in [2.45, 2.75) is 24.5 Å². The molecular weight excluding hydrogens is 268 g/mol. The summed E-state index contributed by atoms with van der Waals surface area (Å²) in [4.78, 5) is 0.139. The normalized spacial score (nSPS) is 13.4. The van der Waals surface area contributed by atoms with E-state index in [-0.39, 0.29) is 11.4 Å². The summed E-state index contributed by atoms with van der Waals surface area (Å²) >= 11 is 0. The van der Waals surface area contributed by atoms with Crippen molar-refractivity contribution in [3.8, 4) is 0 Å². The van der Waals surface area contributed by atoms with Crippen LogP contribution in [0.25, 0.3) is 0 Å². The molecule has 2 N–H and O–H groups in total. The number of nitrogens with zero attached hydrogens (tertiary/aromatic N) is 1. The van der Waals surface area contributed by atoms with Gasteiger partial charge >= 0.3 is 0 Å². The fourth-order valence-corrected chi connectivity index (χ4v) is 2.51. The molecule has 6 nitrogen and oxygen atoms in total. The van der Waals surface area contributed by atoms with Crippen LogP contribution in [-0.2, 0) is 16.6 Å². The van der Waals surface area contributed by atoms with Crippen LogP contribution in [0.3, 0.4) is 0 Å². The van der Waals surface area contributed by atoms with Crippen molar-refractivity contribution in [3.63, 3.8) is 0 Å².